The molecular formula is C17H23N3O. The van der Waals surface area contributed by atoms with Crippen LogP contribution in [0.25, 0.3) is 10.9 Å². The highest BCUT2D eigenvalue weighted by Gasteiger charge is 2.15. The number of benzene rings is 1. The Hall–Kier alpha value is -1.49. The summed E-state index contributed by atoms with van der Waals surface area (Å²) in [5.41, 5.74) is 2.43. The normalized spacial score (nSPS) is 18.0. The predicted molar refractivity (Wildman–Crippen MR) is 85.2 cm³/mol. The molecule has 0 bridgehead atoms. The second-order valence-corrected chi connectivity index (χ2v) is 5.68. The summed E-state index contributed by atoms with van der Waals surface area (Å²) in [6.45, 7) is 6.37. The summed E-state index contributed by atoms with van der Waals surface area (Å²) in [7, 11) is 0. The lowest BCUT2D eigenvalue weighted by Gasteiger charge is -2.21. The molecule has 112 valence electrons. The predicted octanol–water partition coefficient (Wildman–Crippen LogP) is 1.73. The Morgan fingerprint density at radius 1 is 1.00 bits per heavy atom. The molecule has 1 aliphatic heterocycles. The third-order valence-electron chi connectivity index (χ3n) is 4.23. The van der Waals surface area contributed by atoms with Crippen LogP contribution in [0.3, 0.4) is 0 Å². The maximum absolute atomic E-state index is 9.07. The zero-order chi connectivity index (χ0) is 14.5. The summed E-state index contributed by atoms with van der Waals surface area (Å²) >= 11 is 0. The van der Waals surface area contributed by atoms with Gasteiger partial charge in [-0.25, -0.2) is 0 Å². The SMILES string of the molecule is OCCN1CCCN(Cc2ccnc3ccccc23)CC1. The minimum absolute atomic E-state index is 0.259. The lowest BCUT2D eigenvalue weighted by Crippen LogP contribution is -2.32. The van der Waals surface area contributed by atoms with Crippen LogP contribution >= 0.6 is 0 Å². The van der Waals surface area contributed by atoms with Gasteiger partial charge in [0.2, 0.25) is 0 Å². The molecule has 0 saturated carbocycles. The van der Waals surface area contributed by atoms with Crippen molar-refractivity contribution in [3.63, 3.8) is 0 Å². The van der Waals surface area contributed by atoms with E-state index < -0.39 is 0 Å². The van der Waals surface area contributed by atoms with Gasteiger partial charge in [0.25, 0.3) is 0 Å². The van der Waals surface area contributed by atoms with Crippen LogP contribution in [0.4, 0.5) is 0 Å². The molecule has 1 aromatic carbocycles. The van der Waals surface area contributed by atoms with E-state index in [4.69, 9.17) is 5.11 Å². The Bertz CT molecular complexity index is 582. The van der Waals surface area contributed by atoms with Crippen LogP contribution < -0.4 is 0 Å². The number of hydrogen-bond acceptors (Lipinski definition) is 4. The lowest BCUT2D eigenvalue weighted by atomic mass is 10.1. The first kappa shape index (κ1) is 14.4. The summed E-state index contributed by atoms with van der Waals surface area (Å²) in [5.74, 6) is 0. The topological polar surface area (TPSA) is 39.6 Å². The minimum Gasteiger partial charge on any atom is -0.395 e. The van der Waals surface area contributed by atoms with E-state index in [9.17, 15) is 0 Å². The lowest BCUT2D eigenvalue weighted by molar-refractivity contribution is 0.196. The van der Waals surface area contributed by atoms with E-state index in [-0.39, 0.29) is 6.61 Å². The zero-order valence-electron chi connectivity index (χ0n) is 12.4. The van der Waals surface area contributed by atoms with Gasteiger partial charge < -0.3 is 5.11 Å². The quantitative estimate of drug-likeness (QED) is 0.929. The zero-order valence-corrected chi connectivity index (χ0v) is 12.4. The molecule has 4 heteroatoms. The van der Waals surface area contributed by atoms with Crippen molar-refractivity contribution >= 4 is 10.9 Å². The Balaban J connectivity index is 1.70. The van der Waals surface area contributed by atoms with Crippen LogP contribution in [0.5, 0.6) is 0 Å². The van der Waals surface area contributed by atoms with Crippen LogP contribution in [-0.4, -0.2) is 59.2 Å². The molecule has 3 rings (SSSR count). The Morgan fingerprint density at radius 3 is 2.71 bits per heavy atom. The fourth-order valence-electron chi connectivity index (χ4n) is 3.08. The average molecular weight is 285 g/mol. The van der Waals surface area contributed by atoms with E-state index in [0.29, 0.717) is 0 Å². The molecule has 2 aromatic rings. The maximum atomic E-state index is 9.07. The van der Waals surface area contributed by atoms with Crippen molar-refractivity contribution in [2.75, 3.05) is 39.3 Å². The molecule has 1 N–H and O–H groups in total. The van der Waals surface area contributed by atoms with E-state index in [1.54, 1.807) is 0 Å². The monoisotopic (exact) mass is 285 g/mol. The summed E-state index contributed by atoms with van der Waals surface area (Å²) < 4.78 is 0. The highest BCUT2D eigenvalue weighted by Crippen LogP contribution is 2.18. The summed E-state index contributed by atoms with van der Waals surface area (Å²) in [6.07, 6.45) is 3.08. The molecule has 21 heavy (non-hydrogen) atoms. The van der Waals surface area contributed by atoms with E-state index in [0.717, 1.165) is 44.8 Å². The second-order valence-electron chi connectivity index (χ2n) is 5.68. The van der Waals surface area contributed by atoms with Crippen LogP contribution in [0.1, 0.15) is 12.0 Å². The van der Waals surface area contributed by atoms with Crippen LogP contribution in [-0.2, 0) is 6.54 Å². The Morgan fingerprint density at radius 2 is 1.81 bits per heavy atom. The van der Waals surface area contributed by atoms with Gasteiger partial charge in [0, 0.05) is 37.8 Å². The number of aromatic nitrogens is 1. The fourth-order valence-corrected chi connectivity index (χ4v) is 3.08. The van der Waals surface area contributed by atoms with E-state index in [2.05, 4.69) is 39.0 Å². The molecule has 1 saturated heterocycles. The second kappa shape index (κ2) is 6.98. The van der Waals surface area contributed by atoms with Gasteiger partial charge in [-0.15, -0.1) is 0 Å². The Labute approximate surface area is 126 Å². The number of hydrogen-bond donors (Lipinski definition) is 1. The number of para-hydroxylation sites is 1. The molecule has 0 spiro atoms. The maximum Gasteiger partial charge on any atom is 0.0705 e. The number of aliphatic hydroxyl groups is 1. The van der Waals surface area contributed by atoms with Crippen molar-refractivity contribution in [3.8, 4) is 0 Å². The molecule has 0 atom stereocenters. The largest absolute Gasteiger partial charge is 0.395 e. The molecule has 1 aromatic heterocycles. The van der Waals surface area contributed by atoms with Gasteiger partial charge in [-0.3, -0.25) is 14.8 Å². The number of nitrogens with zero attached hydrogens (tertiary/aromatic N) is 3. The van der Waals surface area contributed by atoms with Gasteiger partial charge in [-0.05, 0) is 37.2 Å². The first-order valence-electron chi connectivity index (χ1n) is 7.75. The van der Waals surface area contributed by atoms with Gasteiger partial charge in [0.1, 0.15) is 0 Å². The molecule has 0 radical (unpaired) electrons. The van der Waals surface area contributed by atoms with Crippen molar-refractivity contribution < 1.29 is 5.11 Å². The van der Waals surface area contributed by atoms with E-state index >= 15 is 0 Å². The van der Waals surface area contributed by atoms with E-state index in [1.165, 1.54) is 17.4 Å². The van der Waals surface area contributed by atoms with Crippen molar-refractivity contribution in [2.45, 2.75) is 13.0 Å². The average Bonchev–Trinajstić information content (AvgIpc) is 2.74. The van der Waals surface area contributed by atoms with Crippen LogP contribution in [0, 0.1) is 0 Å². The van der Waals surface area contributed by atoms with Gasteiger partial charge in [-0.1, -0.05) is 18.2 Å². The highest BCUT2D eigenvalue weighted by atomic mass is 16.3. The molecule has 2 heterocycles. The first-order chi connectivity index (χ1) is 10.4. The van der Waals surface area contributed by atoms with Gasteiger partial charge in [0.05, 0.1) is 12.1 Å². The van der Waals surface area contributed by atoms with Crippen LogP contribution in [0.2, 0.25) is 0 Å². The highest BCUT2D eigenvalue weighted by molar-refractivity contribution is 5.81. The molecule has 0 unspecified atom stereocenters. The van der Waals surface area contributed by atoms with Gasteiger partial charge >= 0.3 is 0 Å². The summed E-state index contributed by atoms with van der Waals surface area (Å²) in [4.78, 5) is 9.30. The number of rotatable bonds is 4. The number of β-amino-alcohol motifs (C(OH)–C–C–N with tert-alkyl or cyclic N) is 1. The third kappa shape index (κ3) is 3.59. The molecular weight excluding hydrogens is 262 g/mol. The van der Waals surface area contributed by atoms with Gasteiger partial charge in [0.15, 0.2) is 0 Å². The van der Waals surface area contributed by atoms with Crippen molar-refractivity contribution in [2.24, 2.45) is 0 Å². The van der Waals surface area contributed by atoms with Crippen molar-refractivity contribution in [3.05, 3.63) is 42.1 Å². The minimum atomic E-state index is 0.259. The fraction of sp³-hybridized carbons (Fsp3) is 0.471. The smallest absolute Gasteiger partial charge is 0.0705 e. The Kier molecular flexibility index (Phi) is 4.80. The molecule has 1 aliphatic rings. The summed E-state index contributed by atoms with van der Waals surface area (Å²) in [6, 6.07) is 10.5. The number of fused-ring (bicyclic) bond motifs is 1. The first-order valence-corrected chi connectivity index (χ1v) is 7.75. The number of pyridine rings is 1. The molecule has 0 aliphatic carbocycles. The summed E-state index contributed by atoms with van der Waals surface area (Å²) in [5, 5.41) is 10.3. The van der Waals surface area contributed by atoms with Gasteiger partial charge in [-0.2, -0.15) is 0 Å². The molecule has 1 fully saturated rings. The van der Waals surface area contributed by atoms with Crippen molar-refractivity contribution in [1.29, 1.82) is 0 Å². The third-order valence-corrected chi connectivity index (χ3v) is 4.23. The van der Waals surface area contributed by atoms with E-state index in [1.807, 2.05) is 12.3 Å². The van der Waals surface area contributed by atoms with Crippen LogP contribution in [0.15, 0.2) is 36.5 Å². The standard InChI is InChI=1S/C17H23N3O/c21-13-12-19-8-3-9-20(11-10-19)14-15-6-7-18-17-5-2-1-4-16(15)17/h1-2,4-7,21H,3,8-14H2. The molecule has 4 nitrogen and oxygen atoms in total. The molecule has 0 amide bonds. The van der Waals surface area contributed by atoms with Crippen molar-refractivity contribution in [1.82, 2.24) is 14.8 Å². The number of aliphatic hydroxyl groups excluding tert-OH is 1.